The Hall–Kier alpha value is -1.55. The van der Waals surface area contributed by atoms with Gasteiger partial charge in [-0.2, -0.15) is 0 Å². The molecule has 1 aromatic carbocycles. The Labute approximate surface area is 120 Å². The predicted octanol–water partition coefficient (Wildman–Crippen LogP) is 2.16. The highest BCUT2D eigenvalue weighted by Gasteiger charge is 2.25. The van der Waals surface area contributed by atoms with Gasteiger partial charge in [0.25, 0.3) is 5.91 Å². The van der Waals surface area contributed by atoms with Crippen molar-refractivity contribution >= 4 is 5.91 Å². The zero-order valence-corrected chi connectivity index (χ0v) is 12.4. The van der Waals surface area contributed by atoms with E-state index in [4.69, 9.17) is 0 Å². The first-order chi connectivity index (χ1) is 9.63. The summed E-state index contributed by atoms with van der Waals surface area (Å²) in [5, 5.41) is 13.2. The number of piperidine rings is 1. The first kappa shape index (κ1) is 14.9. The fourth-order valence-electron chi connectivity index (χ4n) is 2.78. The zero-order valence-electron chi connectivity index (χ0n) is 12.4. The van der Waals surface area contributed by atoms with E-state index < -0.39 is 0 Å². The molecule has 2 N–H and O–H groups in total. The van der Waals surface area contributed by atoms with Crippen molar-refractivity contribution in [3.05, 3.63) is 29.3 Å². The maximum absolute atomic E-state index is 12.4. The lowest BCUT2D eigenvalue weighted by Crippen LogP contribution is -2.39. The van der Waals surface area contributed by atoms with Crippen LogP contribution in [0, 0.1) is 12.8 Å². The van der Waals surface area contributed by atoms with Gasteiger partial charge in [-0.3, -0.25) is 4.79 Å². The number of hydrogen-bond acceptors (Lipinski definition) is 3. The van der Waals surface area contributed by atoms with Gasteiger partial charge in [-0.05, 0) is 57.3 Å². The molecule has 2 rings (SSSR count). The number of aryl methyl sites for hydroxylation is 1. The van der Waals surface area contributed by atoms with Crippen LogP contribution in [0.15, 0.2) is 18.2 Å². The lowest BCUT2D eigenvalue weighted by Gasteiger charge is -2.32. The molecule has 0 saturated carbocycles. The fraction of sp³-hybridized carbons (Fsp3) is 0.562. The van der Waals surface area contributed by atoms with Gasteiger partial charge >= 0.3 is 0 Å². The number of phenolic OH excluding ortho intramolecular Hbond substituents is 1. The minimum Gasteiger partial charge on any atom is -0.507 e. The number of carbonyl (C=O) groups excluding carboxylic acids is 1. The summed E-state index contributed by atoms with van der Waals surface area (Å²) in [6.07, 6.45) is 3.29. The van der Waals surface area contributed by atoms with Gasteiger partial charge in [-0.15, -0.1) is 0 Å². The minimum atomic E-state index is -0.0433. The standard InChI is InChI=1S/C16H24N2O2/c1-12-4-3-5-14(15(12)19)16(20)18-10-7-13(8-11-18)6-9-17-2/h3-5,13,17,19H,6-11H2,1-2H3. The van der Waals surface area contributed by atoms with Gasteiger partial charge in [0.15, 0.2) is 0 Å². The van der Waals surface area contributed by atoms with Crippen LogP contribution in [0.1, 0.15) is 35.2 Å². The van der Waals surface area contributed by atoms with Crippen LogP contribution in [-0.2, 0) is 0 Å². The van der Waals surface area contributed by atoms with Gasteiger partial charge in [-0.1, -0.05) is 12.1 Å². The van der Waals surface area contributed by atoms with Crippen molar-refractivity contribution in [3.63, 3.8) is 0 Å². The number of nitrogens with zero attached hydrogens (tertiary/aromatic N) is 1. The second kappa shape index (κ2) is 6.75. The maximum atomic E-state index is 12.4. The van der Waals surface area contributed by atoms with Crippen LogP contribution in [-0.4, -0.2) is 42.6 Å². The van der Waals surface area contributed by atoms with Crippen LogP contribution in [0.25, 0.3) is 0 Å². The first-order valence-corrected chi connectivity index (χ1v) is 7.36. The van der Waals surface area contributed by atoms with Crippen molar-refractivity contribution in [1.82, 2.24) is 10.2 Å². The molecule has 0 bridgehead atoms. The lowest BCUT2D eigenvalue weighted by molar-refractivity contribution is 0.0684. The summed E-state index contributed by atoms with van der Waals surface area (Å²) in [4.78, 5) is 14.3. The summed E-state index contributed by atoms with van der Waals surface area (Å²) in [6, 6.07) is 5.34. The zero-order chi connectivity index (χ0) is 14.5. The molecule has 20 heavy (non-hydrogen) atoms. The van der Waals surface area contributed by atoms with Gasteiger partial charge in [-0.25, -0.2) is 0 Å². The molecule has 0 aromatic heterocycles. The fourth-order valence-corrected chi connectivity index (χ4v) is 2.78. The third-order valence-electron chi connectivity index (χ3n) is 4.17. The Morgan fingerprint density at radius 3 is 2.75 bits per heavy atom. The van der Waals surface area contributed by atoms with Gasteiger partial charge in [0.1, 0.15) is 5.75 Å². The molecule has 0 aliphatic carbocycles. The van der Waals surface area contributed by atoms with Crippen molar-refractivity contribution in [2.45, 2.75) is 26.2 Å². The van der Waals surface area contributed by atoms with Crippen molar-refractivity contribution in [1.29, 1.82) is 0 Å². The summed E-state index contributed by atoms with van der Waals surface area (Å²) < 4.78 is 0. The molecule has 1 heterocycles. The van der Waals surface area contributed by atoms with Gasteiger partial charge in [0, 0.05) is 13.1 Å². The lowest BCUT2D eigenvalue weighted by atomic mass is 9.93. The topological polar surface area (TPSA) is 52.6 Å². The number of nitrogens with one attached hydrogen (secondary N) is 1. The van der Waals surface area contributed by atoms with Crippen molar-refractivity contribution in [3.8, 4) is 5.75 Å². The molecule has 1 aromatic rings. The minimum absolute atomic E-state index is 0.0433. The van der Waals surface area contributed by atoms with Crippen molar-refractivity contribution in [2.24, 2.45) is 5.92 Å². The van der Waals surface area contributed by atoms with Crippen molar-refractivity contribution in [2.75, 3.05) is 26.7 Å². The average Bonchev–Trinajstić information content (AvgIpc) is 2.48. The molecule has 0 unspecified atom stereocenters. The predicted molar refractivity (Wildman–Crippen MR) is 80.0 cm³/mol. The molecule has 4 heteroatoms. The summed E-state index contributed by atoms with van der Waals surface area (Å²) in [6.45, 7) is 4.44. The molecule has 1 aliphatic rings. The summed E-state index contributed by atoms with van der Waals surface area (Å²) >= 11 is 0. The van der Waals surface area contributed by atoms with Crippen LogP contribution in [0.3, 0.4) is 0 Å². The number of rotatable bonds is 4. The van der Waals surface area contributed by atoms with Gasteiger partial charge in [0.2, 0.25) is 0 Å². The van der Waals surface area contributed by atoms with Crippen LogP contribution in [0.4, 0.5) is 0 Å². The Morgan fingerprint density at radius 1 is 1.40 bits per heavy atom. The third-order valence-corrected chi connectivity index (χ3v) is 4.17. The monoisotopic (exact) mass is 276 g/mol. The summed E-state index contributed by atoms with van der Waals surface area (Å²) in [7, 11) is 1.97. The SMILES string of the molecule is CNCCC1CCN(C(=O)c2cccc(C)c2O)CC1. The van der Waals surface area contributed by atoms with E-state index in [1.165, 1.54) is 6.42 Å². The second-order valence-corrected chi connectivity index (χ2v) is 5.60. The number of benzene rings is 1. The molecule has 110 valence electrons. The van der Waals surface area contributed by atoms with Crippen LogP contribution in [0.2, 0.25) is 0 Å². The number of aromatic hydroxyl groups is 1. The highest BCUT2D eigenvalue weighted by Crippen LogP contribution is 2.26. The Balaban J connectivity index is 1.96. The second-order valence-electron chi connectivity index (χ2n) is 5.60. The van der Waals surface area contributed by atoms with E-state index >= 15 is 0 Å². The smallest absolute Gasteiger partial charge is 0.257 e. The van der Waals surface area contributed by atoms with E-state index in [0.29, 0.717) is 11.5 Å². The average molecular weight is 276 g/mol. The van der Waals surface area contributed by atoms with E-state index in [1.807, 2.05) is 31.0 Å². The van der Waals surface area contributed by atoms with E-state index in [9.17, 15) is 9.90 Å². The van der Waals surface area contributed by atoms with E-state index in [-0.39, 0.29) is 11.7 Å². The number of hydrogen-bond donors (Lipinski definition) is 2. The molecular formula is C16H24N2O2. The number of amides is 1. The molecule has 4 nitrogen and oxygen atoms in total. The molecule has 1 amide bonds. The summed E-state index contributed by atoms with van der Waals surface area (Å²) in [5.74, 6) is 0.783. The Bertz CT molecular complexity index is 466. The van der Waals surface area contributed by atoms with Crippen LogP contribution >= 0.6 is 0 Å². The number of phenols is 1. The highest BCUT2D eigenvalue weighted by atomic mass is 16.3. The number of likely N-dealkylation sites (tertiary alicyclic amines) is 1. The quantitative estimate of drug-likeness (QED) is 0.886. The van der Waals surface area contributed by atoms with E-state index in [1.54, 1.807) is 6.07 Å². The molecule has 0 atom stereocenters. The number of para-hydroxylation sites is 1. The number of carbonyl (C=O) groups is 1. The largest absolute Gasteiger partial charge is 0.507 e. The summed E-state index contributed by atoms with van der Waals surface area (Å²) in [5.41, 5.74) is 1.18. The highest BCUT2D eigenvalue weighted by molar-refractivity contribution is 5.97. The maximum Gasteiger partial charge on any atom is 0.257 e. The Kier molecular flexibility index (Phi) is 5.01. The molecule has 0 spiro atoms. The third kappa shape index (κ3) is 3.31. The molecule has 0 radical (unpaired) electrons. The molecule has 1 saturated heterocycles. The Morgan fingerprint density at radius 2 is 2.10 bits per heavy atom. The first-order valence-electron chi connectivity index (χ1n) is 7.36. The van der Waals surface area contributed by atoms with E-state index in [2.05, 4.69) is 5.32 Å². The van der Waals surface area contributed by atoms with E-state index in [0.717, 1.165) is 38.0 Å². The molecule has 1 aliphatic heterocycles. The van der Waals surface area contributed by atoms with Crippen molar-refractivity contribution < 1.29 is 9.90 Å². The molecule has 1 fully saturated rings. The van der Waals surface area contributed by atoms with Crippen LogP contribution in [0.5, 0.6) is 5.75 Å². The van der Waals surface area contributed by atoms with Gasteiger partial charge < -0.3 is 15.3 Å². The molecular weight excluding hydrogens is 252 g/mol. The van der Waals surface area contributed by atoms with Gasteiger partial charge in [0.05, 0.1) is 5.56 Å². The normalized spacial score (nSPS) is 16.4. The van der Waals surface area contributed by atoms with Crippen LogP contribution < -0.4 is 5.32 Å².